The molecule has 0 aliphatic carbocycles. The average Bonchev–Trinajstić information content (AvgIpc) is 3.17. The fraction of sp³-hybridized carbons (Fsp3) is 0.154. The van der Waals surface area contributed by atoms with Crippen LogP contribution >= 0.6 is 0 Å². The zero-order valence-electron chi connectivity index (χ0n) is 19.2. The molecule has 1 aliphatic heterocycles. The summed E-state index contributed by atoms with van der Waals surface area (Å²) in [5.41, 5.74) is 0.650. The van der Waals surface area contributed by atoms with E-state index in [-0.39, 0.29) is 29.0 Å². The number of aromatic nitrogens is 1. The third kappa shape index (κ3) is 4.56. The first-order valence-electron chi connectivity index (χ1n) is 11.1. The first-order chi connectivity index (χ1) is 17.3. The normalized spacial score (nSPS) is 16.7. The van der Waals surface area contributed by atoms with Crippen molar-refractivity contribution in [2.75, 3.05) is 11.5 Å². The number of pyridine rings is 1. The van der Waals surface area contributed by atoms with Crippen LogP contribution in [0.15, 0.2) is 78.5 Å². The van der Waals surface area contributed by atoms with Crippen LogP contribution in [0.1, 0.15) is 41.0 Å². The van der Waals surface area contributed by atoms with Gasteiger partial charge in [0, 0.05) is 29.6 Å². The molecule has 0 bridgehead atoms. The maximum Gasteiger partial charge on any atom is 0.338 e. The highest BCUT2D eigenvalue weighted by Gasteiger charge is 2.47. The molecule has 4 rings (SSSR count). The Kier molecular flexibility index (Phi) is 6.86. The van der Waals surface area contributed by atoms with Gasteiger partial charge >= 0.3 is 5.97 Å². The van der Waals surface area contributed by atoms with Gasteiger partial charge in [-0.2, -0.15) is 0 Å². The minimum absolute atomic E-state index is 0.133. The number of anilines is 1. The van der Waals surface area contributed by atoms with E-state index >= 15 is 0 Å². The lowest BCUT2D eigenvalue weighted by Crippen LogP contribution is -2.29. The Morgan fingerprint density at radius 2 is 1.72 bits per heavy atom. The van der Waals surface area contributed by atoms with Crippen LogP contribution in [0, 0.1) is 10.1 Å². The van der Waals surface area contributed by atoms with Crippen molar-refractivity contribution < 1.29 is 29.2 Å². The molecule has 3 aromatic rings. The summed E-state index contributed by atoms with van der Waals surface area (Å²) in [6.45, 7) is 2.15. The number of rotatable bonds is 7. The third-order valence-corrected chi connectivity index (χ3v) is 5.58. The van der Waals surface area contributed by atoms with Gasteiger partial charge in [-0.05, 0) is 55.0 Å². The van der Waals surface area contributed by atoms with Crippen molar-refractivity contribution in [2.24, 2.45) is 0 Å². The van der Waals surface area contributed by atoms with Crippen molar-refractivity contribution >= 4 is 34.8 Å². The molecule has 0 radical (unpaired) electrons. The van der Waals surface area contributed by atoms with Crippen LogP contribution < -0.4 is 4.90 Å². The van der Waals surface area contributed by atoms with Crippen LogP contribution in [0.25, 0.3) is 5.76 Å². The number of non-ortho nitro benzene ring substituents is 1. The molecule has 1 fully saturated rings. The summed E-state index contributed by atoms with van der Waals surface area (Å²) in [5, 5.41) is 22.0. The molecule has 0 spiro atoms. The summed E-state index contributed by atoms with van der Waals surface area (Å²) >= 11 is 0. The van der Waals surface area contributed by atoms with E-state index in [1.807, 2.05) is 6.92 Å². The number of esters is 1. The van der Waals surface area contributed by atoms with Crippen LogP contribution in [0.3, 0.4) is 0 Å². The number of nitrogens with zero attached hydrogens (tertiary/aromatic N) is 3. The van der Waals surface area contributed by atoms with E-state index in [1.165, 1.54) is 59.6 Å². The van der Waals surface area contributed by atoms with E-state index in [2.05, 4.69) is 4.98 Å². The van der Waals surface area contributed by atoms with E-state index < -0.39 is 34.4 Å². The Balaban J connectivity index is 1.79. The summed E-state index contributed by atoms with van der Waals surface area (Å²) in [5.74, 6) is -2.82. The summed E-state index contributed by atoms with van der Waals surface area (Å²) in [7, 11) is 0. The van der Waals surface area contributed by atoms with Gasteiger partial charge in [0.1, 0.15) is 11.8 Å². The Morgan fingerprint density at radius 3 is 2.31 bits per heavy atom. The summed E-state index contributed by atoms with van der Waals surface area (Å²) < 4.78 is 5.13. The molecule has 2 heterocycles. The number of aliphatic hydroxyl groups excluding tert-OH is 1. The summed E-state index contributed by atoms with van der Waals surface area (Å²) in [6.07, 6.45) is 2.17. The van der Waals surface area contributed by atoms with E-state index in [0.717, 1.165) is 0 Å². The van der Waals surface area contributed by atoms with Gasteiger partial charge in [-0.1, -0.05) is 13.0 Å². The van der Waals surface area contributed by atoms with Crippen molar-refractivity contribution in [3.05, 3.63) is 105 Å². The predicted octanol–water partition coefficient (Wildman–Crippen LogP) is 4.18. The highest BCUT2D eigenvalue weighted by molar-refractivity contribution is 6.51. The monoisotopic (exact) mass is 487 g/mol. The molecule has 10 nitrogen and oxygen atoms in total. The highest BCUT2D eigenvalue weighted by Crippen LogP contribution is 2.41. The Labute approximate surface area is 205 Å². The number of ether oxygens (including phenoxy) is 1. The molecular weight excluding hydrogens is 466 g/mol. The van der Waals surface area contributed by atoms with Gasteiger partial charge < -0.3 is 9.84 Å². The molecule has 1 N–H and O–H groups in total. The second-order valence-electron chi connectivity index (χ2n) is 7.91. The van der Waals surface area contributed by atoms with Crippen LogP contribution in [-0.2, 0) is 14.3 Å². The Bertz CT molecular complexity index is 1350. The number of nitro benzene ring substituents is 1. The zero-order chi connectivity index (χ0) is 25.8. The molecule has 1 atom stereocenters. The molecule has 1 unspecified atom stereocenters. The molecule has 1 aromatic heterocycles. The lowest BCUT2D eigenvalue weighted by atomic mass is 9.98. The molecule has 182 valence electrons. The second-order valence-corrected chi connectivity index (χ2v) is 7.91. The lowest BCUT2D eigenvalue weighted by molar-refractivity contribution is -0.384. The van der Waals surface area contributed by atoms with Gasteiger partial charge in [-0.25, -0.2) is 4.79 Å². The largest absolute Gasteiger partial charge is 0.507 e. The van der Waals surface area contributed by atoms with Crippen LogP contribution in [0.2, 0.25) is 0 Å². The molecular formula is C26H21N3O7. The van der Waals surface area contributed by atoms with E-state index in [9.17, 15) is 29.6 Å². The number of carbonyl (C=O) groups excluding carboxylic acids is 3. The zero-order valence-corrected chi connectivity index (χ0v) is 19.2. The number of aliphatic hydroxyl groups is 1. The number of hydrogen-bond donors (Lipinski definition) is 1. The van der Waals surface area contributed by atoms with Gasteiger partial charge in [-0.3, -0.25) is 29.6 Å². The molecule has 1 saturated heterocycles. The van der Waals surface area contributed by atoms with E-state index in [1.54, 1.807) is 18.2 Å². The molecule has 1 amide bonds. The second kappa shape index (κ2) is 10.2. The maximum absolute atomic E-state index is 13.2. The number of nitro groups is 1. The minimum atomic E-state index is -1.07. The van der Waals surface area contributed by atoms with Crippen molar-refractivity contribution in [1.82, 2.24) is 4.98 Å². The first kappa shape index (κ1) is 24.3. The quantitative estimate of drug-likeness (QED) is 0.131. The number of ketones is 1. The van der Waals surface area contributed by atoms with Gasteiger partial charge in [0.2, 0.25) is 0 Å². The number of carbonyl (C=O) groups is 3. The number of amides is 1. The van der Waals surface area contributed by atoms with E-state index in [0.29, 0.717) is 17.8 Å². The van der Waals surface area contributed by atoms with E-state index in [4.69, 9.17) is 4.74 Å². The smallest absolute Gasteiger partial charge is 0.338 e. The number of Topliss-reactive ketones (excluding diaryl/α,β-unsaturated/α-hetero) is 1. The van der Waals surface area contributed by atoms with Gasteiger partial charge in [-0.15, -0.1) is 0 Å². The summed E-state index contributed by atoms with van der Waals surface area (Å²) in [4.78, 5) is 54.3. The fourth-order valence-electron chi connectivity index (χ4n) is 3.85. The van der Waals surface area contributed by atoms with Crippen molar-refractivity contribution in [1.29, 1.82) is 0 Å². The van der Waals surface area contributed by atoms with Gasteiger partial charge in [0.05, 0.1) is 28.4 Å². The third-order valence-electron chi connectivity index (χ3n) is 5.58. The highest BCUT2D eigenvalue weighted by atomic mass is 16.6. The summed E-state index contributed by atoms with van der Waals surface area (Å²) in [6, 6.07) is 14.9. The average molecular weight is 487 g/mol. The predicted molar refractivity (Wildman–Crippen MR) is 129 cm³/mol. The van der Waals surface area contributed by atoms with Crippen LogP contribution in [0.5, 0.6) is 0 Å². The van der Waals surface area contributed by atoms with Gasteiger partial charge in [0.25, 0.3) is 17.4 Å². The van der Waals surface area contributed by atoms with Crippen LogP contribution in [-0.4, -0.2) is 39.3 Å². The molecule has 0 saturated carbocycles. The minimum Gasteiger partial charge on any atom is -0.507 e. The standard InChI is InChI=1S/C26H21N3O7/c1-2-15-36-26(33)17-8-10-18(11-9-17)28-22(20-5-3-4-14-27-20)21(24(31)25(28)32)23(30)16-6-12-19(13-7-16)29(34)35/h3-14,22,30H,2,15H2,1H3/b23-21-. The molecule has 2 aromatic carbocycles. The SMILES string of the molecule is CCCOC(=O)c1ccc(N2C(=O)C(=O)/C(=C(\O)c3ccc([N+](=O)[O-])cc3)C2c2ccccn2)cc1. The van der Waals surface area contributed by atoms with Crippen molar-refractivity contribution in [2.45, 2.75) is 19.4 Å². The van der Waals surface area contributed by atoms with Crippen molar-refractivity contribution in [3.8, 4) is 0 Å². The van der Waals surface area contributed by atoms with Gasteiger partial charge in [0.15, 0.2) is 0 Å². The fourth-order valence-corrected chi connectivity index (χ4v) is 3.85. The van der Waals surface area contributed by atoms with Crippen LogP contribution in [0.4, 0.5) is 11.4 Å². The molecule has 1 aliphatic rings. The number of benzene rings is 2. The maximum atomic E-state index is 13.2. The Hall–Kier alpha value is -4.86. The first-order valence-corrected chi connectivity index (χ1v) is 11.1. The topological polar surface area (TPSA) is 140 Å². The van der Waals surface area contributed by atoms with Crippen molar-refractivity contribution in [3.63, 3.8) is 0 Å². The number of hydrogen-bond acceptors (Lipinski definition) is 8. The molecule has 36 heavy (non-hydrogen) atoms. The Morgan fingerprint density at radius 1 is 1.06 bits per heavy atom. The lowest BCUT2D eigenvalue weighted by Gasteiger charge is -2.24. The molecule has 10 heteroatoms.